The Bertz CT molecular complexity index is 445. The topological polar surface area (TPSA) is 29.9 Å². The summed E-state index contributed by atoms with van der Waals surface area (Å²) in [7, 11) is 0. The molecular formula is C13H19N3S. The van der Waals surface area contributed by atoms with Crippen LogP contribution in [0.15, 0.2) is 23.7 Å². The van der Waals surface area contributed by atoms with Crippen molar-refractivity contribution in [1.29, 1.82) is 0 Å². The lowest BCUT2D eigenvalue weighted by Crippen LogP contribution is -2.14. The van der Waals surface area contributed by atoms with E-state index in [2.05, 4.69) is 46.5 Å². The van der Waals surface area contributed by atoms with E-state index in [4.69, 9.17) is 0 Å². The number of rotatable bonds is 6. The quantitative estimate of drug-likeness (QED) is 0.798. The molecule has 0 aromatic carbocycles. The Labute approximate surface area is 106 Å². The predicted molar refractivity (Wildman–Crippen MR) is 72.4 cm³/mol. The van der Waals surface area contributed by atoms with Crippen LogP contribution in [-0.4, -0.2) is 16.3 Å². The molecule has 0 aliphatic heterocycles. The number of nitrogens with zero attached hydrogens (tertiary/aromatic N) is 2. The third-order valence-corrected chi connectivity index (χ3v) is 3.69. The lowest BCUT2D eigenvalue weighted by Gasteiger charge is -2.05. The number of hydrogen-bond donors (Lipinski definition) is 1. The van der Waals surface area contributed by atoms with Gasteiger partial charge < -0.3 is 5.32 Å². The highest BCUT2D eigenvalue weighted by molar-refractivity contribution is 7.09. The molecule has 92 valence electrons. The van der Waals surface area contributed by atoms with Gasteiger partial charge in [-0.1, -0.05) is 13.0 Å². The standard InChI is InChI=1S/C13H19N3S/c1-3-6-14-8-12-9-15-16(11(12)2)10-13-5-4-7-17-13/h4-5,7,9,14H,3,6,8,10H2,1-2H3. The Kier molecular flexibility index (Phi) is 4.34. The molecule has 0 radical (unpaired) electrons. The smallest absolute Gasteiger partial charge is 0.0755 e. The lowest BCUT2D eigenvalue weighted by atomic mass is 10.2. The molecule has 2 rings (SSSR count). The molecule has 3 nitrogen and oxygen atoms in total. The average molecular weight is 249 g/mol. The van der Waals surface area contributed by atoms with Crippen LogP contribution in [0, 0.1) is 6.92 Å². The van der Waals surface area contributed by atoms with Crippen molar-refractivity contribution in [2.24, 2.45) is 0 Å². The highest BCUT2D eigenvalue weighted by Gasteiger charge is 2.06. The van der Waals surface area contributed by atoms with Crippen molar-refractivity contribution in [1.82, 2.24) is 15.1 Å². The molecule has 0 amide bonds. The zero-order valence-electron chi connectivity index (χ0n) is 10.4. The Morgan fingerprint density at radius 1 is 1.47 bits per heavy atom. The fourth-order valence-corrected chi connectivity index (χ4v) is 2.45. The summed E-state index contributed by atoms with van der Waals surface area (Å²) in [5.41, 5.74) is 2.57. The molecule has 0 aliphatic carbocycles. The van der Waals surface area contributed by atoms with Gasteiger partial charge in [-0.05, 0) is 31.3 Å². The van der Waals surface area contributed by atoms with Crippen LogP contribution in [0.1, 0.15) is 29.5 Å². The van der Waals surface area contributed by atoms with E-state index in [9.17, 15) is 0 Å². The molecule has 0 spiro atoms. The fourth-order valence-electron chi connectivity index (χ4n) is 1.77. The fraction of sp³-hybridized carbons (Fsp3) is 0.462. The van der Waals surface area contributed by atoms with Crippen molar-refractivity contribution in [2.45, 2.75) is 33.4 Å². The summed E-state index contributed by atoms with van der Waals surface area (Å²) in [6.07, 6.45) is 3.15. The van der Waals surface area contributed by atoms with Crippen molar-refractivity contribution in [2.75, 3.05) is 6.54 Å². The van der Waals surface area contributed by atoms with Gasteiger partial charge in [0.2, 0.25) is 0 Å². The molecule has 1 N–H and O–H groups in total. The van der Waals surface area contributed by atoms with Gasteiger partial charge in [-0.25, -0.2) is 0 Å². The molecule has 2 aromatic heterocycles. The Morgan fingerprint density at radius 3 is 3.06 bits per heavy atom. The number of thiophene rings is 1. The van der Waals surface area contributed by atoms with E-state index in [1.165, 1.54) is 22.6 Å². The summed E-state index contributed by atoms with van der Waals surface area (Å²) in [5.74, 6) is 0. The van der Waals surface area contributed by atoms with Crippen molar-refractivity contribution < 1.29 is 0 Å². The van der Waals surface area contributed by atoms with Crippen LogP contribution in [0.4, 0.5) is 0 Å². The first-order valence-corrected chi connectivity index (χ1v) is 6.93. The summed E-state index contributed by atoms with van der Waals surface area (Å²) in [6.45, 7) is 7.20. The second-order valence-electron chi connectivity index (χ2n) is 4.17. The van der Waals surface area contributed by atoms with Gasteiger partial charge in [-0.15, -0.1) is 11.3 Å². The van der Waals surface area contributed by atoms with Gasteiger partial charge in [0, 0.05) is 22.7 Å². The first-order valence-electron chi connectivity index (χ1n) is 6.05. The van der Waals surface area contributed by atoms with E-state index in [1.54, 1.807) is 11.3 Å². The minimum absolute atomic E-state index is 0.886. The van der Waals surface area contributed by atoms with Gasteiger partial charge in [0.25, 0.3) is 0 Å². The molecule has 0 aliphatic rings. The van der Waals surface area contributed by atoms with Crippen LogP contribution in [0.5, 0.6) is 0 Å². The molecule has 4 heteroatoms. The van der Waals surface area contributed by atoms with Crippen LogP contribution in [0.25, 0.3) is 0 Å². The molecule has 0 saturated heterocycles. The van der Waals surface area contributed by atoms with Crippen LogP contribution in [-0.2, 0) is 13.1 Å². The molecule has 2 aromatic rings. The number of nitrogens with one attached hydrogen (secondary N) is 1. The third-order valence-electron chi connectivity index (χ3n) is 2.83. The van der Waals surface area contributed by atoms with Crippen LogP contribution < -0.4 is 5.32 Å². The molecule has 2 heterocycles. The SMILES string of the molecule is CCCNCc1cnn(Cc2cccs2)c1C. The van der Waals surface area contributed by atoms with Crippen LogP contribution in [0.3, 0.4) is 0 Å². The monoisotopic (exact) mass is 249 g/mol. The second-order valence-corrected chi connectivity index (χ2v) is 5.20. The number of hydrogen-bond acceptors (Lipinski definition) is 3. The summed E-state index contributed by atoms with van der Waals surface area (Å²) < 4.78 is 2.08. The molecule has 0 atom stereocenters. The first kappa shape index (κ1) is 12.3. The maximum atomic E-state index is 4.45. The maximum Gasteiger partial charge on any atom is 0.0755 e. The average Bonchev–Trinajstić information content (AvgIpc) is 2.94. The summed E-state index contributed by atoms with van der Waals surface area (Å²) in [5, 5.41) is 9.98. The highest BCUT2D eigenvalue weighted by atomic mass is 32.1. The van der Waals surface area contributed by atoms with Crippen molar-refractivity contribution in [3.63, 3.8) is 0 Å². The van der Waals surface area contributed by atoms with E-state index in [0.717, 1.165) is 19.6 Å². The zero-order valence-corrected chi connectivity index (χ0v) is 11.3. The second kappa shape index (κ2) is 5.98. The minimum atomic E-state index is 0.886. The van der Waals surface area contributed by atoms with Crippen molar-refractivity contribution >= 4 is 11.3 Å². The van der Waals surface area contributed by atoms with Gasteiger partial charge in [0.15, 0.2) is 0 Å². The summed E-state index contributed by atoms with van der Waals surface area (Å²) >= 11 is 1.78. The van der Waals surface area contributed by atoms with Crippen molar-refractivity contribution in [3.8, 4) is 0 Å². The molecular weight excluding hydrogens is 230 g/mol. The van der Waals surface area contributed by atoms with E-state index >= 15 is 0 Å². The summed E-state index contributed by atoms with van der Waals surface area (Å²) in [6, 6.07) is 4.24. The van der Waals surface area contributed by atoms with E-state index in [1.807, 2.05) is 6.20 Å². The third kappa shape index (κ3) is 3.17. The molecule has 0 bridgehead atoms. The minimum Gasteiger partial charge on any atom is -0.313 e. The largest absolute Gasteiger partial charge is 0.313 e. The first-order chi connectivity index (χ1) is 8.31. The zero-order chi connectivity index (χ0) is 12.1. The molecule has 0 fully saturated rings. The maximum absolute atomic E-state index is 4.45. The van der Waals surface area contributed by atoms with Gasteiger partial charge in [0.1, 0.15) is 0 Å². The molecule has 0 saturated carbocycles. The van der Waals surface area contributed by atoms with Crippen molar-refractivity contribution in [3.05, 3.63) is 39.8 Å². The Morgan fingerprint density at radius 2 is 2.35 bits per heavy atom. The van der Waals surface area contributed by atoms with E-state index in [0.29, 0.717) is 0 Å². The molecule has 17 heavy (non-hydrogen) atoms. The summed E-state index contributed by atoms with van der Waals surface area (Å²) in [4.78, 5) is 1.35. The van der Waals surface area contributed by atoms with Gasteiger partial charge in [-0.3, -0.25) is 4.68 Å². The van der Waals surface area contributed by atoms with E-state index < -0.39 is 0 Å². The van der Waals surface area contributed by atoms with Crippen LogP contribution >= 0.6 is 11.3 Å². The van der Waals surface area contributed by atoms with Crippen LogP contribution in [0.2, 0.25) is 0 Å². The predicted octanol–water partition coefficient (Wildman–Crippen LogP) is 2.80. The Hall–Kier alpha value is -1.13. The Balaban J connectivity index is 1.99. The lowest BCUT2D eigenvalue weighted by molar-refractivity contribution is 0.655. The number of aromatic nitrogens is 2. The highest BCUT2D eigenvalue weighted by Crippen LogP contribution is 2.13. The van der Waals surface area contributed by atoms with Gasteiger partial charge >= 0.3 is 0 Å². The molecule has 0 unspecified atom stereocenters. The van der Waals surface area contributed by atoms with E-state index in [-0.39, 0.29) is 0 Å². The van der Waals surface area contributed by atoms with Gasteiger partial charge in [0.05, 0.1) is 12.7 Å². The van der Waals surface area contributed by atoms with Gasteiger partial charge in [-0.2, -0.15) is 5.10 Å². The normalized spacial score (nSPS) is 10.9.